The molecular weight excluding hydrogens is 502 g/mol. The van der Waals surface area contributed by atoms with Gasteiger partial charge in [0.25, 0.3) is 0 Å². The van der Waals surface area contributed by atoms with Gasteiger partial charge < -0.3 is 14.4 Å². The highest BCUT2D eigenvalue weighted by atomic mass is 79.9. The van der Waals surface area contributed by atoms with Crippen LogP contribution in [0.1, 0.15) is 47.0 Å². The normalized spacial score (nSPS) is 23.1. The first-order valence-corrected chi connectivity index (χ1v) is 11.0. The summed E-state index contributed by atoms with van der Waals surface area (Å²) >= 11 is 8.00. The molecule has 0 spiro atoms. The fourth-order valence-electron chi connectivity index (χ4n) is 3.33. The summed E-state index contributed by atoms with van der Waals surface area (Å²) in [6.07, 6.45) is 4.27. The molecule has 27 heavy (non-hydrogen) atoms. The Balaban J connectivity index is 1.83. The third kappa shape index (κ3) is 5.17. The Bertz CT molecular complexity index is 698. The lowest BCUT2D eigenvalue weighted by atomic mass is 10.0. The zero-order valence-electron chi connectivity index (χ0n) is 15.7. The molecular formula is C18H23Br2NO5S. The lowest BCUT2D eigenvalue weighted by Crippen LogP contribution is -2.50. The Morgan fingerprint density at radius 2 is 2.00 bits per heavy atom. The van der Waals surface area contributed by atoms with Gasteiger partial charge in [-0.25, -0.2) is 9.59 Å². The van der Waals surface area contributed by atoms with E-state index in [0.29, 0.717) is 34.0 Å². The molecule has 2 aliphatic heterocycles. The van der Waals surface area contributed by atoms with E-state index in [9.17, 15) is 14.4 Å². The van der Waals surface area contributed by atoms with Gasteiger partial charge >= 0.3 is 11.9 Å². The van der Waals surface area contributed by atoms with E-state index in [2.05, 4.69) is 31.9 Å². The van der Waals surface area contributed by atoms with Crippen molar-refractivity contribution >= 4 is 62.0 Å². The summed E-state index contributed by atoms with van der Waals surface area (Å²) in [5.74, 6) is -0.288. The van der Waals surface area contributed by atoms with Crippen molar-refractivity contribution < 1.29 is 23.9 Å². The maximum atomic E-state index is 12.6. The average Bonchev–Trinajstić information content (AvgIpc) is 3.00. The molecule has 0 radical (unpaired) electrons. The molecule has 0 saturated carbocycles. The number of rotatable bonds is 7. The molecule has 2 heterocycles. The maximum Gasteiger partial charge on any atom is 0.339 e. The minimum Gasteiger partial charge on any atom is -0.464 e. The minimum absolute atomic E-state index is 0.246. The first-order valence-electron chi connectivity index (χ1n) is 8.58. The fraction of sp³-hybridized carbons (Fsp3) is 0.611. The van der Waals surface area contributed by atoms with Crippen molar-refractivity contribution in [2.24, 2.45) is 0 Å². The van der Waals surface area contributed by atoms with Crippen LogP contribution in [-0.2, 0) is 23.9 Å². The van der Waals surface area contributed by atoms with Crippen molar-refractivity contribution in [3.63, 3.8) is 0 Å². The van der Waals surface area contributed by atoms with Gasteiger partial charge in [0.05, 0.1) is 11.5 Å². The zero-order chi connectivity index (χ0) is 20.4. The van der Waals surface area contributed by atoms with Crippen molar-refractivity contribution in [2.75, 3.05) is 6.61 Å². The van der Waals surface area contributed by atoms with Crippen LogP contribution < -0.4 is 0 Å². The van der Waals surface area contributed by atoms with E-state index >= 15 is 0 Å². The number of ether oxygens (including phenoxy) is 2. The van der Waals surface area contributed by atoms with Gasteiger partial charge in [0.1, 0.15) is 9.43 Å². The number of nitrogens with zero attached hydrogens (tertiary/aromatic N) is 1. The topological polar surface area (TPSA) is 72.9 Å². The van der Waals surface area contributed by atoms with Crippen molar-refractivity contribution in [3.8, 4) is 0 Å². The van der Waals surface area contributed by atoms with Crippen molar-refractivity contribution in [1.29, 1.82) is 0 Å². The molecule has 1 amide bonds. The van der Waals surface area contributed by atoms with Crippen LogP contribution in [0.5, 0.6) is 0 Å². The first kappa shape index (κ1) is 22.5. The Morgan fingerprint density at radius 3 is 2.56 bits per heavy atom. The van der Waals surface area contributed by atoms with E-state index in [1.807, 2.05) is 27.7 Å². The molecule has 9 heteroatoms. The van der Waals surface area contributed by atoms with Gasteiger partial charge in [0.15, 0.2) is 5.76 Å². The lowest BCUT2D eigenvalue weighted by Gasteiger charge is -2.30. The fourth-order valence-corrected chi connectivity index (χ4v) is 5.59. The molecule has 2 aliphatic rings. The Labute approximate surface area is 180 Å². The molecule has 0 aliphatic carbocycles. The van der Waals surface area contributed by atoms with Crippen LogP contribution in [0, 0.1) is 0 Å². The Morgan fingerprint density at radius 1 is 1.33 bits per heavy atom. The molecule has 150 valence electrons. The molecule has 0 N–H and O–H groups in total. The van der Waals surface area contributed by atoms with Crippen LogP contribution in [0.3, 0.4) is 0 Å². The number of carbonyl (C=O) groups is 3. The summed E-state index contributed by atoms with van der Waals surface area (Å²) in [6, 6.07) is -0.619. The molecule has 2 rings (SSSR count). The van der Waals surface area contributed by atoms with Gasteiger partial charge in [-0.3, -0.25) is 4.79 Å². The third-order valence-corrected chi connectivity index (χ3v) is 6.69. The van der Waals surface area contributed by atoms with Crippen molar-refractivity contribution in [3.05, 3.63) is 20.8 Å². The number of allylic oxidation sites excluding steroid dienone is 1. The third-order valence-electron chi connectivity index (χ3n) is 4.45. The van der Waals surface area contributed by atoms with E-state index in [0.717, 1.165) is 6.41 Å². The smallest absolute Gasteiger partial charge is 0.339 e. The van der Waals surface area contributed by atoms with Crippen molar-refractivity contribution in [1.82, 2.24) is 4.90 Å². The number of carbonyl (C=O) groups excluding carboxylic acids is 3. The number of unbranched alkanes of at least 4 members (excludes halogenated alkanes) is 1. The number of thioether (sulfide) groups is 1. The van der Waals surface area contributed by atoms with Crippen LogP contribution in [0.25, 0.3) is 0 Å². The summed E-state index contributed by atoms with van der Waals surface area (Å²) in [4.78, 5) is 36.9. The number of halogens is 2. The monoisotopic (exact) mass is 523 g/mol. The molecule has 0 aromatic heterocycles. The maximum absolute atomic E-state index is 12.6. The first-order chi connectivity index (χ1) is 12.5. The standard InChI is InChI=1S/C18H23Br2NO5S/c1-17(2)13(21(10-22)18(3,4)27-17)16(24)25-8-6-5-7-11-9-12(14(19)20)26-15(11)23/h9-10,13H,5-8H2,1-4H3. The summed E-state index contributed by atoms with van der Waals surface area (Å²) in [5, 5.41) is 0. The molecule has 0 aromatic carbocycles. The van der Waals surface area contributed by atoms with Crippen LogP contribution in [0.15, 0.2) is 20.8 Å². The Hall–Kier alpha value is -0.800. The highest BCUT2D eigenvalue weighted by molar-refractivity contribution is 9.28. The molecule has 6 nitrogen and oxygen atoms in total. The second kappa shape index (κ2) is 8.69. The van der Waals surface area contributed by atoms with Crippen LogP contribution in [0.4, 0.5) is 0 Å². The molecule has 1 saturated heterocycles. The number of hydrogen-bond donors (Lipinski definition) is 0. The van der Waals surface area contributed by atoms with Gasteiger partial charge in [0.2, 0.25) is 6.41 Å². The second-order valence-corrected chi connectivity index (χ2v) is 12.3. The highest BCUT2D eigenvalue weighted by Crippen LogP contribution is 2.50. The molecule has 1 unspecified atom stereocenters. The van der Waals surface area contributed by atoms with Crippen molar-refractivity contribution in [2.45, 2.75) is 62.6 Å². The molecule has 1 atom stereocenters. The van der Waals surface area contributed by atoms with Crippen LogP contribution >= 0.6 is 43.6 Å². The van der Waals surface area contributed by atoms with E-state index in [1.54, 1.807) is 17.8 Å². The molecule has 0 bridgehead atoms. The predicted molar refractivity (Wildman–Crippen MR) is 111 cm³/mol. The summed E-state index contributed by atoms with van der Waals surface area (Å²) in [5.41, 5.74) is 0.593. The summed E-state index contributed by atoms with van der Waals surface area (Å²) in [7, 11) is 0. The van der Waals surface area contributed by atoms with E-state index in [4.69, 9.17) is 9.47 Å². The SMILES string of the molecule is CC1(C)SC(C)(C)N(C=O)C1C(=O)OCCCCC1=CC(=C(Br)Br)OC1=O. The Kier molecular flexibility index (Phi) is 7.24. The second-order valence-electron chi connectivity index (χ2n) is 7.38. The quantitative estimate of drug-likeness (QED) is 0.282. The van der Waals surface area contributed by atoms with Gasteiger partial charge in [0, 0.05) is 10.3 Å². The number of amides is 1. The van der Waals surface area contributed by atoms with Gasteiger partial charge in [-0.1, -0.05) is 0 Å². The number of hydrogen-bond acceptors (Lipinski definition) is 6. The predicted octanol–water partition coefficient (Wildman–Crippen LogP) is 4.23. The molecule has 0 aromatic rings. The van der Waals surface area contributed by atoms with E-state index in [-0.39, 0.29) is 12.6 Å². The minimum atomic E-state index is -0.619. The highest BCUT2D eigenvalue weighted by Gasteiger charge is 2.55. The van der Waals surface area contributed by atoms with E-state index in [1.165, 1.54) is 4.90 Å². The van der Waals surface area contributed by atoms with Gasteiger partial charge in [-0.15, -0.1) is 11.8 Å². The summed E-state index contributed by atoms with van der Waals surface area (Å²) in [6.45, 7) is 7.98. The zero-order valence-corrected chi connectivity index (χ0v) is 19.7. The van der Waals surface area contributed by atoms with Crippen LogP contribution in [-0.4, -0.2) is 45.5 Å². The van der Waals surface area contributed by atoms with Crippen LogP contribution in [0.2, 0.25) is 0 Å². The largest absolute Gasteiger partial charge is 0.464 e. The molecule has 1 fully saturated rings. The average molecular weight is 525 g/mol. The number of cyclic esters (lactones) is 1. The van der Waals surface area contributed by atoms with Gasteiger partial charge in [-0.2, -0.15) is 0 Å². The lowest BCUT2D eigenvalue weighted by molar-refractivity contribution is -0.154. The van der Waals surface area contributed by atoms with Gasteiger partial charge in [-0.05, 0) is 84.9 Å². The summed E-state index contributed by atoms with van der Waals surface area (Å²) < 4.78 is 10.7. The van der Waals surface area contributed by atoms with E-state index < -0.39 is 21.6 Å². The number of esters is 2.